The summed E-state index contributed by atoms with van der Waals surface area (Å²) >= 11 is 3.26. The quantitative estimate of drug-likeness (QED) is 0.0313. The van der Waals surface area contributed by atoms with Crippen LogP contribution in [0.5, 0.6) is 5.75 Å². The number of nitrogens with one attached hydrogen (secondary N) is 4. The van der Waals surface area contributed by atoms with E-state index >= 15 is 4.79 Å². The molecule has 5 aliphatic rings. The molecule has 13 heteroatoms. The molecule has 0 radical (unpaired) electrons. The molecule has 4 heterocycles. The summed E-state index contributed by atoms with van der Waals surface area (Å²) in [6.45, 7) is 4.83. The number of aromatic hydroxyl groups is 1. The third-order valence-electron chi connectivity index (χ3n) is 17.1. The average molecular weight is 978 g/mol. The third kappa shape index (κ3) is 9.21. The number of aliphatic hydroxyl groups is 2. The predicted molar refractivity (Wildman–Crippen MR) is 281 cm³/mol. The van der Waals surface area contributed by atoms with Crippen LogP contribution >= 0.6 is 22.7 Å². The number of nitrogens with two attached hydrogens (primary N) is 1. The molecule has 70 heavy (non-hydrogen) atoms. The number of carbonyl (C=O) groups excluding carboxylic acids is 1. The maximum atomic E-state index is 15.7. The molecule has 366 valence electrons. The zero-order valence-electron chi connectivity index (χ0n) is 40.8. The number of β-amino-alcohol motifs (C(OH)–C–C–N with tert-alkyl or cyclic N) is 1. The number of phenols is 1. The molecule has 10 rings (SSSR count). The van der Waals surface area contributed by atoms with Crippen LogP contribution in [-0.2, 0) is 25.7 Å². The van der Waals surface area contributed by atoms with Gasteiger partial charge in [-0.25, -0.2) is 4.98 Å². The lowest BCUT2D eigenvalue weighted by molar-refractivity contribution is 0.0159. The Bertz CT molecular complexity index is 2900. The molecule has 3 aromatic heterocycles. The van der Waals surface area contributed by atoms with Crippen molar-refractivity contribution in [1.29, 1.82) is 0 Å². The standard InChI is InChI=1S/C57H67N7O4S2/c1-5-7-42-12-15-50(69-42)51-16-17-52(70-51)53(67)45-14-11-37-26-56(45)27-46(57(31-56)19-18-38(28-59-3)47(57)30-65)35-10-13-43-39(22-48(37)64-54(58)60-4)21-41(66)24-49(43)62-32-55(2,68)25-36-9-6-8-34(20-35)44(36)23-40-29-61-33-63-40/h6,8-9,12,15-17,21,24,29,33,35,37-38,45-48,59,62,65-66,68H,11,14,18-20,22-23,25-28,30-32H2,1-4H3,(H,61,63)(H3,58,60,64)/t35-,37+,38+,45-,46-,47-,48-,55-,56+,57-/m1/s1. The zero-order chi connectivity index (χ0) is 48.8. The molecule has 4 aliphatic carbocycles. The first kappa shape index (κ1) is 48.2. The molecule has 7 bridgehead atoms. The number of phenolic OH excluding ortho intramolecular Hbond substituents is 1. The Morgan fingerprint density at radius 1 is 1.06 bits per heavy atom. The number of aliphatic imine (C=N–C) groups is 1. The van der Waals surface area contributed by atoms with Gasteiger partial charge in [-0.05, 0) is 172 Å². The van der Waals surface area contributed by atoms with Crippen molar-refractivity contribution in [2.45, 2.75) is 96.1 Å². The van der Waals surface area contributed by atoms with Crippen LogP contribution < -0.4 is 21.7 Å². The molecule has 10 atom stereocenters. The summed E-state index contributed by atoms with van der Waals surface area (Å²) < 4.78 is 0. The van der Waals surface area contributed by atoms with E-state index < -0.39 is 11.0 Å². The summed E-state index contributed by atoms with van der Waals surface area (Å²) in [5, 5.41) is 46.3. The second-order valence-corrected chi connectivity index (χ2v) is 23.6. The van der Waals surface area contributed by atoms with Gasteiger partial charge in [0.15, 0.2) is 11.7 Å². The largest absolute Gasteiger partial charge is 0.508 e. The van der Waals surface area contributed by atoms with Gasteiger partial charge in [-0.1, -0.05) is 36.0 Å². The molecular formula is C57H67N7O4S2. The van der Waals surface area contributed by atoms with Gasteiger partial charge in [0.1, 0.15) is 5.75 Å². The monoisotopic (exact) mass is 977 g/mol. The van der Waals surface area contributed by atoms with Crippen LogP contribution in [-0.4, -0.2) is 82.5 Å². The van der Waals surface area contributed by atoms with E-state index in [0.717, 1.165) is 98.9 Å². The Kier molecular flexibility index (Phi) is 13.5. The van der Waals surface area contributed by atoms with Crippen LogP contribution in [0.1, 0.15) is 107 Å². The van der Waals surface area contributed by atoms with E-state index in [2.05, 4.69) is 91.0 Å². The number of carbonyl (C=O) groups is 1. The minimum absolute atomic E-state index is 0.00805. The fraction of sp³-hybridized carbons (Fsp3) is 0.491. The number of H-pyrrole nitrogens is 1. The Labute approximate surface area is 420 Å². The van der Waals surface area contributed by atoms with Crippen molar-refractivity contribution in [1.82, 2.24) is 20.6 Å². The number of nitrogens with zero attached hydrogens (tertiary/aromatic N) is 2. The van der Waals surface area contributed by atoms with Gasteiger partial charge in [0.2, 0.25) is 0 Å². The molecule has 2 spiro atoms. The SMILES string of the molecule is CC#Cc1ccc(-c2ccc(C(=O)[C@H]3CC[C@H]4C[C@@]35C[C@H]([C@@H]3C#Cc6c(cc(O)cc6NC[C@](C)(O)Cc6cccc(c6Cc6cnc[nH]6)C3)C[C@H]4NC(N)=NC)[C@@]3(CC[C@@H](CNC)[C@H]3CO)C5)s2)s1. The van der Waals surface area contributed by atoms with E-state index in [0.29, 0.717) is 37.3 Å². The summed E-state index contributed by atoms with van der Waals surface area (Å²) in [7, 11) is 3.71. The van der Waals surface area contributed by atoms with E-state index in [4.69, 9.17) is 5.73 Å². The van der Waals surface area contributed by atoms with Gasteiger partial charge in [0.25, 0.3) is 0 Å². The number of fused-ring (bicyclic) bond motifs is 7. The summed E-state index contributed by atoms with van der Waals surface area (Å²) in [6.07, 6.45) is 11.7. The highest BCUT2D eigenvalue weighted by atomic mass is 32.1. The van der Waals surface area contributed by atoms with Gasteiger partial charge in [-0.2, -0.15) is 0 Å². The van der Waals surface area contributed by atoms with Crippen LogP contribution in [0.4, 0.5) is 5.69 Å². The number of hydrogen-bond acceptors (Lipinski definition) is 10. The molecule has 5 aromatic rings. The summed E-state index contributed by atoms with van der Waals surface area (Å²) in [4.78, 5) is 31.8. The predicted octanol–water partition coefficient (Wildman–Crippen LogP) is 8.18. The fourth-order valence-electron chi connectivity index (χ4n) is 14.2. The number of aromatic nitrogens is 2. The molecule has 3 saturated carbocycles. The van der Waals surface area contributed by atoms with Crippen LogP contribution in [0.3, 0.4) is 0 Å². The van der Waals surface area contributed by atoms with Crippen molar-refractivity contribution in [3.05, 3.63) is 110 Å². The van der Waals surface area contributed by atoms with Crippen LogP contribution in [0.15, 0.2) is 72.1 Å². The van der Waals surface area contributed by atoms with Gasteiger partial charge in [-0.3, -0.25) is 9.79 Å². The highest BCUT2D eigenvalue weighted by Crippen LogP contribution is 2.71. The molecule has 2 aromatic carbocycles. The van der Waals surface area contributed by atoms with Gasteiger partial charge in [0, 0.05) is 78.6 Å². The molecule has 3 fully saturated rings. The second-order valence-electron chi connectivity index (χ2n) is 21.4. The van der Waals surface area contributed by atoms with E-state index in [9.17, 15) is 15.3 Å². The first-order chi connectivity index (χ1) is 33.8. The van der Waals surface area contributed by atoms with Crippen molar-refractivity contribution in [2.75, 3.05) is 39.1 Å². The highest BCUT2D eigenvalue weighted by molar-refractivity contribution is 7.23. The Morgan fingerprint density at radius 3 is 2.67 bits per heavy atom. The lowest BCUT2D eigenvalue weighted by Gasteiger charge is -2.48. The number of aliphatic hydroxyl groups excluding tert-OH is 1. The van der Waals surface area contributed by atoms with Gasteiger partial charge >= 0.3 is 0 Å². The number of Topliss-reactive ketones (excluding diaryl/α,β-unsaturated/α-hetero) is 1. The van der Waals surface area contributed by atoms with Gasteiger partial charge in [0.05, 0.1) is 32.9 Å². The highest BCUT2D eigenvalue weighted by Gasteiger charge is 2.66. The van der Waals surface area contributed by atoms with E-state index in [1.54, 1.807) is 42.1 Å². The minimum Gasteiger partial charge on any atom is -0.508 e. The first-order valence-corrected chi connectivity index (χ1v) is 26.8. The van der Waals surface area contributed by atoms with Crippen LogP contribution in [0.25, 0.3) is 9.75 Å². The number of aromatic amines is 1. The zero-order valence-corrected chi connectivity index (χ0v) is 42.5. The maximum absolute atomic E-state index is 15.7. The summed E-state index contributed by atoms with van der Waals surface area (Å²) in [5.74, 6) is 14.7. The normalized spacial score (nSPS) is 30.3. The summed E-state index contributed by atoms with van der Waals surface area (Å²) in [5.41, 5.74) is 11.5. The molecule has 9 N–H and O–H groups in total. The third-order valence-corrected chi connectivity index (χ3v) is 19.4. The van der Waals surface area contributed by atoms with Crippen molar-refractivity contribution < 1.29 is 20.1 Å². The first-order valence-electron chi connectivity index (χ1n) is 25.2. The number of ketones is 1. The molecule has 11 nitrogen and oxygen atoms in total. The number of hydrogen-bond donors (Lipinski definition) is 8. The van der Waals surface area contributed by atoms with Crippen molar-refractivity contribution in [3.63, 3.8) is 0 Å². The maximum Gasteiger partial charge on any atom is 0.188 e. The second kappa shape index (κ2) is 19.7. The minimum atomic E-state index is -1.16. The molecular weight excluding hydrogens is 911 g/mol. The molecule has 1 aliphatic heterocycles. The summed E-state index contributed by atoms with van der Waals surface area (Å²) in [6, 6.07) is 18.2. The van der Waals surface area contributed by atoms with Crippen molar-refractivity contribution in [3.8, 4) is 39.2 Å². The van der Waals surface area contributed by atoms with Crippen molar-refractivity contribution >= 4 is 40.1 Å². The molecule has 0 amide bonds. The topological polar surface area (TPSA) is 181 Å². The number of rotatable bonds is 9. The lowest BCUT2D eigenvalue weighted by atomic mass is 9.57. The van der Waals surface area contributed by atoms with Crippen molar-refractivity contribution in [2.24, 2.45) is 57.1 Å². The number of thiophene rings is 2. The van der Waals surface area contributed by atoms with Crippen LogP contribution in [0.2, 0.25) is 0 Å². The fourth-order valence-corrected chi connectivity index (χ4v) is 16.2. The number of anilines is 1. The van der Waals surface area contributed by atoms with Gasteiger partial charge < -0.3 is 42.0 Å². The number of benzene rings is 2. The smallest absolute Gasteiger partial charge is 0.188 e. The van der Waals surface area contributed by atoms with E-state index in [-0.39, 0.29) is 71.6 Å². The van der Waals surface area contributed by atoms with E-state index in [1.165, 1.54) is 5.56 Å². The molecule has 0 saturated heterocycles. The Hall–Kier alpha value is -5.41. The number of imidazole rings is 1. The van der Waals surface area contributed by atoms with Gasteiger partial charge in [-0.15, -0.1) is 28.6 Å². The average Bonchev–Trinajstić information content (AvgIpc) is 4.20. The molecule has 0 unspecified atom stereocenters. The Morgan fingerprint density at radius 2 is 1.89 bits per heavy atom. The van der Waals surface area contributed by atoms with Crippen LogP contribution in [0, 0.1) is 70.0 Å². The number of guanidine groups is 1. The van der Waals surface area contributed by atoms with E-state index in [1.807, 2.05) is 39.2 Å². The lowest BCUT2D eigenvalue weighted by Crippen LogP contribution is -2.50. The Balaban J connectivity index is 1.18.